The van der Waals surface area contributed by atoms with E-state index in [-0.39, 0.29) is 11.7 Å². The predicted molar refractivity (Wildman–Crippen MR) is 87.7 cm³/mol. The second kappa shape index (κ2) is 7.69. The topological polar surface area (TPSA) is 80.6 Å². The highest BCUT2D eigenvalue weighted by Gasteiger charge is 2.35. The highest BCUT2D eigenvalue weighted by Crippen LogP contribution is 2.29. The van der Waals surface area contributed by atoms with Gasteiger partial charge in [0.25, 0.3) is 0 Å². The van der Waals surface area contributed by atoms with E-state index in [0.29, 0.717) is 26.3 Å². The average Bonchev–Trinajstić information content (AvgIpc) is 2.94. The van der Waals surface area contributed by atoms with Crippen LogP contribution in [0.25, 0.3) is 0 Å². The molecule has 0 unspecified atom stereocenters. The summed E-state index contributed by atoms with van der Waals surface area (Å²) in [7, 11) is 0.742. The molecule has 1 aliphatic heterocycles. The molecular weight excluding hydrogens is 318 g/mol. The van der Waals surface area contributed by atoms with E-state index < -0.39 is 10.0 Å². The third kappa shape index (κ3) is 4.28. The number of likely N-dealkylation sites (N-methyl/N-ethyl adjacent to an activating group) is 1. The van der Waals surface area contributed by atoms with E-state index in [1.54, 1.807) is 6.92 Å². The van der Waals surface area contributed by atoms with Gasteiger partial charge in [0.05, 0.1) is 31.2 Å². The number of nitrogens with zero attached hydrogens (tertiary/aromatic N) is 5. The highest BCUT2D eigenvalue weighted by molar-refractivity contribution is 7.89. The van der Waals surface area contributed by atoms with Gasteiger partial charge >= 0.3 is 0 Å². The summed E-state index contributed by atoms with van der Waals surface area (Å²) in [6.07, 6.45) is 0. The zero-order valence-electron chi connectivity index (χ0n) is 14.4. The molecule has 0 spiro atoms. The summed E-state index contributed by atoms with van der Waals surface area (Å²) in [5.74, 6) is 0.0653. The van der Waals surface area contributed by atoms with Gasteiger partial charge in [-0.2, -0.15) is 4.31 Å². The van der Waals surface area contributed by atoms with Crippen molar-refractivity contribution in [2.75, 3.05) is 46.2 Å². The lowest BCUT2D eigenvalue weighted by atomic mass is 10.0. The summed E-state index contributed by atoms with van der Waals surface area (Å²) in [5.41, 5.74) is 1.76. The molecule has 1 aromatic rings. The molecule has 2 heterocycles. The number of ether oxygens (including phenoxy) is 1. The lowest BCUT2D eigenvalue weighted by molar-refractivity contribution is 0.0950. The lowest BCUT2D eigenvalue weighted by Crippen LogP contribution is -2.41. The SMILES string of the molecule is CCn1nnc2c1[C@H](COCCN(C)C)CN(S(=O)(=O)CC)C2. The Morgan fingerprint density at radius 1 is 1.35 bits per heavy atom. The van der Waals surface area contributed by atoms with E-state index in [0.717, 1.165) is 24.5 Å². The van der Waals surface area contributed by atoms with Crippen molar-refractivity contribution < 1.29 is 13.2 Å². The third-order valence-corrected chi connectivity index (χ3v) is 5.84. The maximum atomic E-state index is 12.2. The maximum Gasteiger partial charge on any atom is 0.214 e. The Hall–Kier alpha value is -1.03. The molecule has 0 saturated carbocycles. The minimum atomic E-state index is -3.25. The first-order chi connectivity index (χ1) is 10.9. The molecule has 9 heteroatoms. The first-order valence-corrected chi connectivity index (χ1v) is 9.62. The molecule has 0 N–H and O–H groups in total. The largest absolute Gasteiger partial charge is 0.379 e. The van der Waals surface area contributed by atoms with Crippen LogP contribution in [0, 0.1) is 0 Å². The van der Waals surface area contributed by atoms with E-state index in [1.165, 1.54) is 4.31 Å². The van der Waals surface area contributed by atoms with Gasteiger partial charge in [-0.15, -0.1) is 5.10 Å². The second-order valence-corrected chi connectivity index (χ2v) is 8.26. The standard InChI is InChI=1S/C14H27N5O3S/c1-5-19-14-12(11-22-8-7-17(3)4)9-18(23(20,21)6-2)10-13(14)15-16-19/h12H,5-11H2,1-4H3/t12-/m0/s1. The summed E-state index contributed by atoms with van der Waals surface area (Å²) >= 11 is 0. The van der Waals surface area contributed by atoms with Crippen molar-refractivity contribution in [2.24, 2.45) is 0 Å². The van der Waals surface area contributed by atoms with Crippen molar-refractivity contribution in [3.63, 3.8) is 0 Å². The van der Waals surface area contributed by atoms with Crippen LogP contribution < -0.4 is 0 Å². The number of rotatable bonds is 8. The summed E-state index contributed by atoms with van der Waals surface area (Å²) in [5, 5.41) is 8.32. The molecular formula is C14H27N5O3S. The van der Waals surface area contributed by atoms with Gasteiger partial charge in [0.1, 0.15) is 5.69 Å². The third-order valence-electron chi connectivity index (χ3n) is 4.04. The number of aryl methyl sites for hydroxylation is 1. The molecule has 1 aromatic heterocycles. The molecule has 0 radical (unpaired) electrons. The van der Waals surface area contributed by atoms with Crippen molar-refractivity contribution in [3.05, 3.63) is 11.4 Å². The van der Waals surface area contributed by atoms with E-state index in [9.17, 15) is 8.42 Å². The lowest BCUT2D eigenvalue weighted by Gasteiger charge is -2.31. The number of hydrogen-bond donors (Lipinski definition) is 0. The van der Waals surface area contributed by atoms with Crippen molar-refractivity contribution in [1.82, 2.24) is 24.2 Å². The molecule has 2 rings (SSSR count). The first kappa shape index (κ1) is 18.3. The molecule has 0 saturated heterocycles. The van der Waals surface area contributed by atoms with Crippen molar-refractivity contribution in [1.29, 1.82) is 0 Å². The number of fused-ring (bicyclic) bond motifs is 1. The van der Waals surface area contributed by atoms with Crippen LogP contribution in [0.4, 0.5) is 0 Å². The molecule has 0 amide bonds. The zero-order chi connectivity index (χ0) is 17.0. The molecule has 0 aliphatic carbocycles. The summed E-state index contributed by atoms with van der Waals surface area (Å²) < 4.78 is 33.6. The Bertz CT molecular complexity index is 614. The van der Waals surface area contributed by atoms with Crippen LogP contribution in [0.5, 0.6) is 0 Å². The average molecular weight is 345 g/mol. The minimum Gasteiger partial charge on any atom is -0.379 e. The van der Waals surface area contributed by atoms with Gasteiger partial charge in [-0.1, -0.05) is 5.21 Å². The maximum absolute atomic E-state index is 12.2. The van der Waals surface area contributed by atoms with Crippen LogP contribution >= 0.6 is 0 Å². The first-order valence-electron chi connectivity index (χ1n) is 8.01. The van der Waals surface area contributed by atoms with Crippen molar-refractivity contribution in [3.8, 4) is 0 Å². The molecule has 1 aliphatic rings. The fourth-order valence-electron chi connectivity index (χ4n) is 2.71. The number of hydrogen-bond acceptors (Lipinski definition) is 6. The van der Waals surface area contributed by atoms with Crippen LogP contribution in [0.2, 0.25) is 0 Å². The summed E-state index contributed by atoms with van der Waals surface area (Å²) in [4.78, 5) is 2.05. The molecule has 0 bridgehead atoms. The zero-order valence-corrected chi connectivity index (χ0v) is 15.2. The Balaban J connectivity index is 2.16. The normalized spacial score (nSPS) is 19.3. The summed E-state index contributed by atoms with van der Waals surface area (Å²) in [6, 6.07) is 0. The quantitative estimate of drug-likeness (QED) is 0.623. The van der Waals surface area contributed by atoms with Gasteiger partial charge in [0.15, 0.2) is 0 Å². The van der Waals surface area contributed by atoms with E-state index >= 15 is 0 Å². The van der Waals surface area contributed by atoms with Crippen LogP contribution in [-0.2, 0) is 27.8 Å². The Morgan fingerprint density at radius 3 is 2.70 bits per heavy atom. The van der Waals surface area contributed by atoms with E-state index in [1.807, 2.05) is 25.7 Å². The molecule has 8 nitrogen and oxygen atoms in total. The van der Waals surface area contributed by atoms with Gasteiger partial charge in [-0.25, -0.2) is 13.1 Å². The Morgan fingerprint density at radius 2 is 2.09 bits per heavy atom. The second-order valence-electron chi connectivity index (χ2n) is 6.01. The molecule has 0 aromatic carbocycles. The fourth-order valence-corrected chi connectivity index (χ4v) is 3.80. The van der Waals surface area contributed by atoms with Gasteiger partial charge in [-0.05, 0) is 27.9 Å². The van der Waals surface area contributed by atoms with Crippen LogP contribution in [0.1, 0.15) is 31.2 Å². The number of sulfonamides is 1. The van der Waals surface area contributed by atoms with Gasteiger partial charge in [0, 0.05) is 25.6 Å². The van der Waals surface area contributed by atoms with Crippen LogP contribution in [0.15, 0.2) is 0 Å². The smallest absolute Gasteiger partial charge is 0.214 e. The van der Waals surface area contributed by atoms with Gasteiger partial charge in [0.2, 0.25) is 10.0 Å². The molecule has 0 fully saturated rings. The molecule has 23 heavy (non-hydrogen) atoms. The van der Waals surface area contributed by atoms with Crippen LogP contribution in [-0.4, -0.2) is 78.8 Å². The monoisotopic (exact) mass is 345 g/mol. The van der Waals surface area contributed by atoms with Crippen molar-refractivity contribution in [2.45, 2.75) is 32.9 Å². The fraction of sp³-hybridized carbons (Fsp3) is 0.857. The van der Waals surface area contributed by atoms with E-state index in [2.05, 4.69) is 15.2 Å². The minimum absolute atomic E-state index is 0.0304. The van der Waals surface area contributed by atoms with Crippen LogP contribution in [0.3, 0.4) is 0 Å². The Kier molecular flexibility index (Phi) is 6.12. The van der Waals surface area contributed by atoms with Crippen molar-refractivity contribution >= 4 is 10.0 Å². The summed E-state index contributed by atoms with van der Waals surface area (Å²) in [6.45, 7) is 7.05. The van der Waals surface area contributed by atoms with E-state index in [4.69, 9.17) is 4.74 Å². The van der Waals surface area contributed by atoms with Gasteiger partial charge in [-0.3, -0.25) is 0 Å². The Labute approximate surface area is 138 Å². The number of aromatic nitrogens is 3. The molecule has 132 valence electrons. The predicted octanol–water partition coefficient (Wildman–Crippen LogP) is 0.125. The van der Waals surface area contributed by atoms with Gasteiger partial charge < -0.3 is 9.64 Å². The highest BCUT2D eigenvalue weighted by atomic mass is 32.2. The molecule has 1 atom stereocenters.